The molecule has 9 heteroatoms. The molecule has 4 N–H and O–H groups in total. The highest BCUT2D eigenvalue weighted by Gasteiger charge is 2.30. The smallest absolute Gasteiger partial charge is 0.421 e. The van der Waals surface area contributed by atoms with Gasteiger partial charge in [-0.2, -0.15) is 13.1 Å². The molecule has 0 heterocycles. The van der Waals surface area contributed by atoms with Gasteiger partial charge in [-0.05, 0) is 25.7 Å². The second-order valence-corrected chi connectivity index (χ2v) is 6.64. The van der Waals surface area contributed by atoms with Gasteiger partial charge in [0.25, 0.3) is 0 Å². The third kappa shape index (κ3) is 5.59. The predicted molar refractivity (Wildman–Crippen MR) is 79.4 cm³/mol. The molecule has 1 atom stereocenters. The van der Waals surface area contributed by atoms with Gasteiger partial charge >= 0.3 is 16.3 Å². The first-order chi connectivity index (χ1) is 9.35. The summed E-state index contributed by atoms with van der Waals surface area (Å²) in [6.07, 6.45) is 3.89. The van der Waals surface area contributed by atoms with Crippen LogP contribution in [0.15, 0.2) is 0 Å². The van der Waals surface area contributed by atoms with E-state index in [4.69, 9.17) is 18.0 Å². The first-order valence-corrected chi connectivity index (χ1v) is 8.51. The van der Waals surface area contributed by atoms with Gasteiger partial charge in [0.05, 0.1) is 17.6 Å². The molecule has 20 heavy (non-hydrogen) atoms. The molecular weight excluding hydrogens is 302 g/mol. The molecule has 7 nitrogen and oxygen atoms in total. The Morgan fingerprint density at radius 3 is 2.50 bits per heavy atom. The van der Waals surface area contributed by atoms with Crippen molar-refractivity contribution in [3.63, 3.8) is 0 Å². The van der Waals surface area contributed by atoms with Crippen molar-refractivity contribution in [2.24, 2.45) is 11.7 Å². The maximum atomic E-state index is 11.8. The topological polar surface area (TPSA) is 111 Å². The van der Waals surface area contributed by atoms with Gasteiger partial charge in [-0.25, -0.2) is 9.52 Å². The second-order valence-electron chi connectivity index (χ2n) is 4.72. The minimum absolute atomic E-state index is 0.0695. The Bertz CT molecular complexity index is 447. The van der Waals surface area contributed by atoms with Gasteiger partial charge in [0.15, 0.2) is 0 Å². The zero-order valence-electron chi connectivity index (χ0n) is 11.4. The van der Waals surface area contributed by atoms with E-state index in [2.05, 4.69) is 9.46 Å². The quantitative estimate of drug-likeness (QED) is 0.624. The molecule has 1 saturated carbocycles. The number of ether oxygens (including phenoxy) is 1. The lowest BCUT2D eigenvalue weighted by Gasteiger charge is -2.29. The molecule has 1 amide bonds. The lowest BCUT2D eigenvalue weighted by Crippen LogP contribution is -2.53. The SMILES string of the molecule is CCOC(=O)NS(=O)(=O)NC(C(N)=S)C1CCCCC1. The Balaban J connectivity index is 2.68. The van der Waals surface area contributed by atoms with E-state index in [0.29, 0.717) is 0 Å². The Kier molecular flexibility index (Phi) is 6.63. The highest BCUT2D eigenvalue weighted by atomic mass is 32.2. The van der Waals surface area contributed by atoms with E-state index >= 15 is 0 Å². The summed E-state index contributed by atoms with van der Waals surface area (Å²) >= 11 is 4.94. The third-order valence-corrected chi connectivity index (χ3v) is 4.46. The maximum Gasteiger partial charge on any atom is 0.421 e. The van der Waals surface area contributed by atoms with Gasteiger partial charge in [0, 0.05) is 0 Å². The molecule has 1 aliphatic rings. The standard InChI is InChI=1S/C11H21N3O4S2/c1-2-18-11(15)14-20(16,17)13-9(10(12)19)8-6-4-3-5-7-8/h8-9,13H,2-7H2,1H3,(H2,12,19)(H,14,15). The van der Waals surface area contributed by atoms with Crippen LogP contribution in [0.2, 0.25) is 0 Å². The summed E-state index contributed by atoms with van der Waals surface area (Å²) in [5.74, 6) is 0.0695. The number of hydrogen-bond acceptors (Lipinski definition) is 5. The molecule has 0 aromatic carbocycles. The molecule has 1 unspecified atom stereocenters. The Hall–Kier alpha value is -0.930. The van der Waals surface area contributed by atoms with Crippen LogP contribution in [-0.4, -0.2) is 32.1 Å². The molecule has 116 valence electrons. The minimum Gasteiger partial charge on any atom is -0.449 e. The van der Waals surface area contributed by atoms with E-state index in [1.807, 2.05) is 0 Å². The van der Waals surface area contributed by atoms with E-state index < -0.39 is 22.3 Å². The van der Waals surface area contributed by atoms with E-state index in [9.17, 15) is 13.2 Å². The van der Waals surface area contributed by atoms with Crippen molar-refractivity contribution in [3.8, 4) is 0 Å². The van der Waals surface area contributed by atoms with Gasteiger partial charge in [-0.15, -0.1) is 0 Å². The summed E-state index contributed by atoms with van der Waals surface area (Å²) in [7, 11) is -4.04. The first kappa shape index (κ1) is 17.1. The van der Waals surface area contributed by atoms with Crippen molar-refractivity contribution >= 4 is 33.5 Å². The first-order valence-electron chi connectivity index (χ1n) is 6.62. The van der Waals surface area contributed by atoms with Crippen molar-refractivity contribution in [2.45, 2.75) is 45.1 Å². The number of nitrogens with one attached hydrogen (secondary N) is 2. The number of hydrogen-bond donors (Lipinski definition) is 3. The summed E-state index contributed by atoms with van der Waals surface area (Å²) in [5.41, 5.74) is 5.62. The van der Waals surface area contributed by atoms with Crippen molar-refractivity contribution in [3.05, 3.63) is 0 Å². The molecule has 1 rings (SSSR count). The molecular formula is C11H21N3O4S2. The average Bonchev–Trinajstić information content (AvgIpc) is 2.36. The number of carbonyl (C=O) groups is 1. The van der Waals surface area contributed by atoms with Crippen molar-refractivity contribution in [1.82, 2.24) is 9.44 Å². The molecule has 1 aliphatic carbocycles. The fourth-order valence-corrected chi connectivity index (χ4v) is 3.64. The number of amides is 1. The zero-order chi connectivity index (χ0) is 15.2. The van der Waals surface area contributed by atoms with Gasteiger partial charge in [-0.3, -0.25) is 0 Å². The largest absolute Gasteiger partial charge is 0.449 e. The molecule has 0 aliphatic heterocycles. The van der Waals surface area contributed by atoms with E-state index in [1.54, 1.807) is 11.6 Å². The van der Waals surface area contributed by atoms with Crippen molar-refractivity contribution in [1.29, 1.82) is 0 Å². The number of thiocarbonyl (C=S) groups is 1. The Labute approximate surface area is 124 Å². The monoisotopic (exact) mass is 323 g/mol. The maximum absolute atomic E-state index is 11.8. The molecule has 0 spiro atoms. The lowest BCUT2D eigenvalue weighted by molar-refractivity contribution is 0.158. The van der Waals surface area contributed by atoms with Gasteiger partial charge in [0.1, 0.15) is 0 Å². The predicted octanol–water partition coefficient (Wildman–Crippen LogP) is 0.802. The summed E-state index contributed by atoms with van der Waals surface area (Å²) < 4.78 is 32.3. The lowest BCUT2D eigenvalue weighted by atomic mass is 9.84. The molecule has 0 bridgehead atoms. The number of carbonyl (C=O) groups excluding carboxylic acids is 1. The molecule has 0 saturated heterocycles. The highest BCUT2D eigenvalue weighted by Crippen LogP contribution is 2.26. The van der Waals surface area contributed by atoms with Crippen LogP contribution in [0.25, 0.3) is 0 Å². The second kappa shape index (κ2) is 7.75. The Morgan fingerprint density at radius 2 is 2.00 bits per heavy atom. The van der Waals surface area contributed by atoms with Crippen LogP contribution in [0.5, 0.6) is 0 Å². The fraction of sp³-hybridized carbons (Fsp3) is 0.818. The molecule has 0 aromatic rings. The van der Waals surface area contributed by atoms with E-state index in [0.717, 1.165) is 32.1 Å². The van der Waals surface area contributed by atoms with Gasteiger partial charge < -0.3 is 10.5 Å². The molecule has 0 radical (unpaired) electrons. The van der Waals surface area contributed by atoms with Crippen LogP contribution < -0.4 is 15.2 Å². The molecule has 0 aromatic heterocycles. The van der Waals surface area contributed by atoms with Crippen molar-refractivity contribution in [2.75, 3.05) is 6.61 Å². The molecule has 1 fully saturated rings. The number of rotatable bonds is 6. The normalized spacial score (nSPS) is 18.2. The fourth-order valence-electron chi connectivity index (χ4n) is 2.32. The minimum atomic E-state index is -4.04. The summed E-state index contributed by atoms with van der Waals surface area (Å²) in [4.78, 5) is 11.3. The summed E-state index contributed by atoms with van der Waals surface area (Å²) in [6.45, 7) is 1.67. The average molecular weight is 323 g/mol. The van der Waals surface area contributed by atoms with Crippen LogP contribution >= 0.6 is 12.2 Å². The van der Waals surface area contributed by atoms with Crippen LogP contribution in [0, 0.1) is 5.92 Å². The van der Waals surface area contributed by atoms with Crippen LogP contribution in [0.4, 0.5) is 4.79 Å². The highest BCUT2D eigenvalue weighted by molar-refractivity contribution is 7.88. The van der Waals surface area contributed by atoms with Crippen LogP contribution in [0.3, 0.4) is 0 Å². The zero-order valence-corrected chi connectivity index (χ0v) is 13.1. The number of nitrogens with two attached hydrogens (primary N) is 1. The van der Waals surface area contributed by atoms with Crippen LogP contribution in [-0.2, 0) is 14.9 Å². The Morgan fingerprint density at radius 1 is 1.40 bits per heavy atom. The van der Waals surface area contributed by atoms with Crippen molar-refractivity contribution < 1.29 is 17.9 Å². The van der Waals surface area contributed by atoms with E-state index in [1.165, 1.54) is 0 Å². The summed E-state index contributed by atoms with van der Waals surface area (Å²) in [6, 6.07) is -0.641. The van der Waals surface area contributed by atoms with E-state index in [-0.39, 0.29) is 17.5 Å². The summed E-state index contributed by atoms with van der Waals surface area (Å²) in [5, 5.41) is 0. The van der Waals surface area contributed by atoms with Crippen LogP contribution in [0.1, 0.15) is 39.0 Å². The van der Waals surface area contributed by atoms with Gasteiger partial charge in [0.2, 0.25) is 0 Å². The third-order valence-electron chi connectivity index (χ3n) is 3.20. The van der Waals surface area contributed by atoms with Gasteiger partial charge in [-0.1, -0.05) is 31.5 Å².